The predicted molar refractivity (Wildman–Crippen MR) is 122 cm³/mol. The maximum atomic E-state index is 5.48. The molecule has 10 heteroatoms. The van der Waals surface area contributed by atoms with E-state index in [0.717, 1.165) is 30.1 Å². The van der Waals surface area contributed by atoms with Crippen molar-refractivity contribution >= 4 is 34.8 Å². The number of pyridine rings is 1. The number of fused-ring (bicyclic) bond motifs is 1. The number of hydrogen-bond donors (Lipinski definition) is 1. The number of nitrogens with one attached hydrogen (secondary N) is 1. The standard InChI is InChI=1S/C22H22N8O2/c1-31-18-4-2-16(3-5-18)14-25-30-15-24-19-20(26-17-6-8-23-9-7-17)27-22(28-21(19)30)29-10-12-32-13-11-29/h2-9,14-15H,10-13H2,1H3,(H,23,26,27,28). The van der Waals surface area contributed by atoms with Gasteiger partial charge in [0.15, 0.2) is 17.0 Å². The lowest BCUT2D eigenvalue weighted by Gasteiger charge is -2.27. The molecule has 1 aliphatic rings. The monoisotopic (exact) mass is 430 g/mol. The quantitative estimate of drug-likeness (QED) is 0.466. The molecule has 10 nitrogen and oxygen atoms in total. The second-order valence-corrected chi connectivity index (χ2v) is 7.11. The molecule has 0 bridgehead atoms. The molecule has 1 saturated heterocycles. The van der Waals surface area contributed by atoms with Gasteiger partial charge in [-0.2, -0.15) is 15.1 Å². The van der Waals surface area contributed by atoms with Gasteiger partial charge in [0.2, 0.25) is 5.95 Å². The smallest absolute Gasteiger partial charge is 0.229 e. The van der Waals surface area contributed by atoms with Gasteiger partial charge >= 0.3 is 0 Å². The van der Waals surface area contributed by atoms with Gasteiger partial charge in [-0.3, -0.25) is 4.98 Å². The van der Waals surface area contributed by atoms with Crippen LogP contribution in [0, 0.1) is 0 Å². The first-order valence-corrected chi connectivity index (χ1v) is 10.2. The van der Waals surface area contributed by atoms with Gasteiger partial charge in [0.1, 0.15) is 12.1 Å². The Kier molecular flexibility index (Phi) is 5.58. The van der Waals surface area contributed by atoms with Crippen molar-refractivity contribution in [2.75, 3.05) is 43.6 Å². The first-order valence-electron chi connectivity index (χ1n) is 10.2. The zero-order chi connectivity index (χ0) is 21.8. The number of anilines is 3. The maximum Gasteiger partial charge on any atom is 0.229 e. The zero-order valence-electron chi connectivity index (χ0n) is 17.5. The van der Waals surface area contributed by atoms with Gasteiger partial charge in [-0.15, -0.1) is 0 Å². The van der Waals surface area contributed by atoms with Gasteiger partial charge in [0.25, 0.3) is 0 Å². The summed E-state index contributed by atoms with van der Waals surface area (Å²) in [4.78, 5) is 20.2. The molecule has 0 spiro atoms. The Morgan fingerprint density at radius 2 is 1.84 bits per heavy atom. The zero-order valence-corrected chi connectivity index (χ0v) is 17.5. The summed E-state index contributed by atoms with van der Waals surface area (Å²) in [6, 6.07) is 11.4. The fraction of sp³-hybridized carbons (Fsp3) is 0.227. The van der Waals surface area contributed by atoms with E-state index >= 15 is 0 Å². The van der Waals surface area contributed by atoms with Crippen LogP contribution in [-0.2, 0) is 4.74 Å². The van der Waals surface area contributed by atoms with Crippen molar-refractivity contribution in [3.05, 3.63) is 60.7 Å². The predicted octanol–water partition coefficient (Wildman–Crippen LogP) is 2.69. The third kappa shape index (κ3) is 4.21. The van der Waals surface area contributed by atoms with E-state index in [0.29, 0.717) is 36.1 Å². The van der Waals surface area contributed by atoms with Gasteiger partial charge in [0.05, 0.1) is 26.5 Å². The number of rotatable bonds is 6. The fourth-order valence-electron chi connectivity index (χ4n) is 3.34. The van der Waals surface area contributed by atoms with Crippen molar-refractivity contribution in [1.82, 2.24) is 24.6 Å². The van der Waals surface area contributed by atoms with Crippen molar-refractivity contribution in [2.45, 2.75) is 0 Å². The Morgan fingerprint density at radius 3 is 2.59 bits per heavy atom. The van der Waals surface area contributed by atoms with Gasteiger partial charge in [-0.25, -0.2) is 9.66 Å². The molecule has 0 radical (unpaired) electrons. The third-order valence-electron chi connectivity index (χ3n) is 5.05. The second-order valence-electron chi connectivity index (χ2n) is 7.11. The maximum absolute atomic E-state index is 5.48. The second kappa shape index (κ2) is 8.98. The van der Waals surface area contributed by atoms with Crippen molar-refractivity contribution in [3.63, 3.8) is 0 Å². The van der Waals surface area contributed by atoms with Crippen molar-refractivity contribution in [1.29, 1.82) is 0 Å². The largest absolute Gasteiger partial charge is 0.497 e. The SMILES string of the molecule is COc1ccc(C=Nn2cnc3c(Nc4ccncc4)nc(N4CCOCC4)nc32)cc1. The van der Waals surface area contributed by atoms with Crippen LogP contribution >= 0.6 is 0 Å². The molecule has 0 aliphatic carbocycles. The summed E-state index contributed by atoms with van der Waals surface area (Å²) in [5.41, 5.74) is 3.04. The highest BCUT2D eigenvalue weighted by Crippen LogP contribution is 2.26. The van der Waals surface area contributed by atoms with Gasteiger partial charge in [-0.05, 0) is 42.0 Å². The highest BCUT2D eigenvalue weighted by atomic mass is 16.5. The molecule has 0 amide bonds. The number of imidazole rings is 1. The minimum atomic E-state index is 0.610. The Balaban J connectivity index is 1.53. The van der Waals surface area contributed by atoms with Crippen LogP contribution in [0.2, 0.25) is 0 Å². The number of nitrogens with zero attached hydrogens (tertiary/aromatic N) is 7. The molecular weight excluding hydrogens is 408 g/mol. The van der Waals surface area contributed by atoms with Crippen molar-refractivity contribution < 1.29 is 9.47 Å². The van der Waals surface area contributed by atoms with Gasteiger partial charge < -0.3 is 19.7 Å². The molecule has 0 unspecified atom stereocenters. The van der Waals surface area contributed by atoms with E-state index in [9.17, 15) is 0 Å². The van der Waals surface area contributed by atoms with Crippen LogP contribution in [0.1, 0.15) is 5.56 Å². The van der Waals surface area contributed by atoms with Crippen LogP contribution in [0.5, 0.6) is 5.75 Å². The van der Waals surface area contributed by atoms with Crippen LogP contribution in [-0.4, -0.2) is 64.2 Å². The number of hydrogen-bond acceptors (Lipinski definition) is 9. The van der Waals surface area contributed by atoms with E-state index in [1.807, 2.05) is 36.4 Å². The van der Waals surface area contributed by atoms with Crippen molar-refractivity contribution in [3.8, 4) is 5.75 Å². The normalized spacial score (nSPS) is 14.2. The summed E-state index contributed by atoms with van der Waals surface area (Å²) in [6.07, 6.45) is 6.84. The number of methoxy groups -OCH3 is 1. The van der Waals surface area contributed by atoms with E-state index in [4.69, 9.17) is 19.4 Å². The Hall–Kier alpha value is -4.05. The molecular formula is C22H22N8O2. The minimum Gasteiger partial charge on any atom is -0.497 e. The molecule has 1 aromatic carbocycles. The van der Waals surface area contributed by atoms with E-state index < -0.39 is 0 Å². The summed E-state index contributed by atoms with van der Waals surface area (Å²) >= 11 is 0. The number of ether oxygens (including phenoxy) is 2. The third-order valence-corrected chi connectivity index (χ3v) is 5.05. The highest BCUT2D eigenvalue weighted by Gasteiger charge is 2.19. The Labute approximate surface area is 184 Å². The summed E-state index contributed by atoms with van der Waals surface area (Å²) in [5.74, 6) is 2.02. The van der Waals surface area contributed by atoms with Gasteiger partial charge in [0, 0.05) is 31.2 Å². The number of morpholine rings is 1. The lowest BCUT2D eigenvalue weighted by molar-refractivity contribution is 0.122. The number of aromatic nitrogens is 5. The Morgan fingerprint density at radius 1 is 1.06 bits per heavy atom. The van der Waals surface area contributed by atoms with Crippen LogP contribution in [0.15, 0.2) is 60.2 Å². The average Bonchev–Trinajstić information content (AvgIpc) is 3.27. The summed E-state index contributed by atoms with van der Waals surface area (Å²) in [7, 11) is 1.64. The molecule has 3 aromatic heterocycles. The molecule has 5 rings (SSSR count). The summed E-state index contributed by atoms with van der Waals surface area (Å²) in [5, 5.41) is 7.91. The van der Waals surface area contributed by atoms with Crippen LogP contribution in [0.4, 0.5) is 17.5 Å². The molecule has 1 aliphatic heterocycles. The van der Waals surface area contributed by atoms with Gasteiger partial charge in [-0.1, -0.05) is 0 Å². The van der Waals surface area contributed by atoms with Crippen LogP contribution in [0.3, 0.4) is 0 Å². The van der Waals surface area contributed by atoms with Crippen LogP contribution in [0.25, 0.3) is 11.2 Å². The van der Waals surface area contributed by atoms with E-state index in [1.165, 1.54) is 0 Å². The average molecular weight is 430 g/mol. The first kappa shape index (κ1) is 19.9. The molecule has 0 saturated carbocycles. The number of benzene rings is 1. The Bertz CT molecular complexity index is 1220. The van der Waals surface area contributed by atoms with Crippen molar-refractivity contribution in [2.24, 2.45) is 5.10 Å². The lowest BCUT2D eigenvalue weighted by atomic mass is 10.2. The summed E-state index contributed by atoms with van der Waals surface area (Å²) in [6.45, 7) is 2.74. The first-order chi connectivity index (χ1) is 15.8. The van der Waals surface area contributed by atoms with E-state index in [1.54, 1.807) is 36.7 Å². The fourth-order valence-corrected chi connectivity index (χ4v) is 3.34. The lowest BCUT2D eigenvalue weighted by Crippen LogP contribution is -2.37. The molecule has 162 valence electrons. The van der Waals surface area contributed by atoms with Crippen LogP contribution < -0.4 is 15.0 Å². The molecule has 1 fully saturated rings. The minimum absolute atomic E-state index is 0.610. The topological polar surface area (TPSA) is 103 Å². The molecule has 1 N–H and O–H groups in total. The molecule has 4 aromatic rings. The molecule has 32 heavy (non-hydrogen) atoms. The highest BCUT2D eigenvalue weighted by molar-refractivity contribution is 5.87. The molecule has 0 atom stereocenters. The van der Waals surface area contributed by atoms with E-state index in [2.05, 4.69) is 25.3 Å². The molecule has 4 heterocycles. The summed E-state index contributed by atoms with van der Waals surface area (Å²) < 4.78 is 12.3. The van der Waals surface area contributed by atoms with E-state index in [-0.39, 0.29) is 0 Å².